The number of hydrogen-bond donors (Lipinski definition) is 1. The molecule has 2 N–H and O–H groups in total. The third-order valence-corrected chi connectivity index (χ3v) is 20.6. The molecule has 12 rings (SSSR count). The van der Waals surface area contributed by atoms with Crippen molar-refractivity contribution in [2.75, 3.05) is 46.4 Å². The van der Waals surface area contributed by atoms with Crippen LogP contribution in [0, 0.1) is 0 Å². The van der Waals surface area contributed by atoms with Crippen molar-refractivity contribution >= 4 is 182 Å². The lowest BCUT2D eigenvalue weighted by molar-refractivity contribution is 0.00578. The minimum atomic E-state index is -0.366. The summed E-state index contributed by atoms with van der Waals surface area (Å²) in [6.07, 6.45) is 9.91. The molecule has 9 aromatic rings. The fourth-order valence-electron chi connectivity index (χ4n) is 9.80. The summed E-state index contributed by atoms with van der Waals surface area (Å²) in [6.45, 7) is 9.99. The first-order valence-corrected chi connectivity index (χ1v) is 34.4. The Morgan fingerprint density at radius 2 is 0.978 bits per heavy atom. The molecule has 1 aliphatic carbocycles. The number of hydrogen-bond acceptors (Lipinski definition) is 12. The number of rotatable bonds is 8. The van der Waals surface area contributed by atoms with Gasteiger partial charge >= 0.3 is 7.12 Å². The number of aromatic nitrogens is 4. The topological polar surface area (TPSA) is 136 Å². The molecule has 4 aromatic heterocycles. The average Bonchev–Trinajstić information content (AvgIpc) is 1.63. The highest BCUT2D eigenvalue weighted by Gasteiger charge is 2.52. The Kier molecular flexibility index (Phi) is 28.7. The number of fused-ring (bicyclic) bond motifs is 2. The molecular weight excluding hydrogens is 1590 g/mol. The van der Waals surface area contributed by atoms with Gasteiger partial charge in [-0.25, -0.2) is 19.9 Å². The molecule has 5 aromatic carbocycles. The van der Waals surface area contributed by atoms with Crippen molar-refractivity contribution in [2.24, 2.45) is 5.73 Å². The maximum atomic E-state index is 6.65. The highest BCUT2D eigenvalue weighted by atomic mass is 79.9. The van der Waals surface area contributed by atoms with Gasteiger partial charge in [-0.1, -0.05) is 162 Å². The molecule has 12 nitrogen and oxygen atoms in total. The molecule has 2 saturated heterocycles. The highest BCUT2D eigenvalue weighted by Crippen LogP contribution is 2.47. The third kappa shape index (κ3) is 20.5. The molecule has 490 valence electrons. The molecule has 0 unspecified atom stereocenters. The zero-order valence-corrected chi connectivity index (χ0v) is 63.6. The van der Waals surface area contributed by atoms with E-state index < -0.39 is 0 Å². The number of benzene rings is 5. The van der Waals surface area contributed by atoms with Gasteiger partial charge in [-0.05, 0) is 169 Å². The van der Waals surface area contributed by atoms with Crippen molar-refractivity contribution in [2.45, 2.75) is 69.6 Å². The van der Waals surface area contributed by atoms with E-state index in [0.717, 1.165) is 85.1 Å². The summed E-state index contributed by atoms with van der Waals surface area (Å²) >= 11 is 68.8. The summed E-state index contributed by atoms with van der Waals surface area (Å²) in [4.78, 5) is 18.9. The summed E-state index contributed by atoms with van der Waals surface area (Å²) in [5, 5.41) is 4.97. The minimum absolute atomic E-state index is 0.0951. The van der Waals surface area contributed by atoms with Crippen molar-refractivity contribution in [1.29, 1.82) is 0 Å². The third-order valence-electron chi connectivity index (χ3n) is 15.5. The van der Waals surface area contributed by atoms with Crippen molar-refractivity contribution in [3.8, 4) is 45.3 Å². The van der Waals surface area contributed by atoms with E-state index in [0.29, 0.717) is 67.9 Å². The summed E-state index contributed by atoms with van der Waals surface area (Å²) in [7, 11) is 6.01. The largest absolute Gasteiger partial charge is 0.497 e. The Bertz CT molecular complexity index is 3880. The zero-order chi connectivity index (χ0) is 68.0. The van der Waals surface area contributed by atoms with E-state index in [4.69, 9.17) is 155 Å². The van der Waals surface area contributed by atoms with Crippen LogP contribution in [0.3, 0.4) is 0 Å². The van der Waals surface area contributed by atoms with E-state index in [-0.39, 0.29) is 29.8 Å². The van der Waals surface area contributed by atoms with E-state index in [1.54, 1.807) is 102 Å². The van der Waals surface area contributed by atoms with E-state index in [1.807, 2.05) is 76.4 Å². The second-order valence-electron chi connectivity index (χ2n) is 21.8. The summed E-state index contributed by atoms with van der Waals surface area (Å²) < 4.78 is 34.8. The zero-order valence-electron chi connectivity index (χ0n) is 51.3. The van der Waals surface area contributed by atoms with Gasteiger partial charge in [0.2, 0.25) is 0 Å². The first kappa shape index (κ1) is 76.4. The molecule has 6 heterocycles. The lowest BCUT2D eigenvalue weighted by Gasteiger charge is -2.43. The van der Waals surface area contributed by atoms with Crippen molar-refractivity contribution in [3.63, 3.8) is 0 Å². The van der Waals surface area contributed by atoms with Gasteiger partial charge in [0.05, 0.1) is 69.8 Å². The number of pyridine rings is 4. The van der Waals surface area contributed by atoms with Gasteiger partial charge in [0.15, 0.2) is 0 Å². The summed E-state index contributed by atoms with van der Waals surface area (Å²) in [5.74, 6) is 3.74. The molecule has 93 heavy (non-hydrogen) atoms. The van der Waals surface area contributed by atoms with E-state index in [2.05, 4.69) is 98.0 Å². The van der Waals surface area contributed by atoms with Crippen LogP contribution in [0.15, 0.2) is 166 Å². The van der Waals surface area contributed by atoms with Gasteiger partial charge in [0, 0.05) is 114 Å². The maximum absolute atomic E-state index is 6.65. The second kappa shape index (κ2) is 35.0. The van der Waals surface area contributed by atoms with E-state index >= 15 is 0 Å². The van der Waals surface area contributed by atoms with Crippen LogP contribution in [0.1, 0.15) is 51.7 Å². The normalized spacial score (nSPS) is 15.2. The molecular formula is C67H62BBr3Cl10N6O6. The van der Waals surface area contributed by atoms with Crippen molar-refractivity contribution < 1.29 is 28.3 Å². The Morgan fingerprint density at radius 1 is 0.505 bits per heavy atom. The number of nitrogens with two attached hydrogens (primary N) is 1. The fourth-order valence-corrected chi connectivity index (χ4v) is 12.9. The van der Waals surface area contributed by atoms with Gasteiger partial charge in [-0.15, -0.1) is 0 Å². The fraction of sp³-hybridized carbons (Fsp3) is 0.254. The molecule has 0 saturated carbocycles. The predicted molar refractivity (Wildman–Crippen MR) is 397 cm³/mol. The number of piperidine rings is 1. The van der Waals surface area contributed by atoms with Crippen molar-refractivity contribution in [3.05, 3.63) is 227 Å². The monoisotopic (exact) mass is 1640 g/mol. The smallest absolute Gasteiger partial charge is 0.496 e. The van der Waals surface area contributed by atoms with Crippen molar-refractivity contribution in [1.82, 2.24) is 19.9 Å². The lowest BCUT2D eigenvalue weighted by Crippen LogP contribution is -2.50. The lowest BCUT2D eigenvalue weighted by atomic mass is 9.71. The number of anilines is 1. The molecule has 1 atom stereocenters. The molecule has 2 fully saturated rings. The van der Waals surface area contributed by atoms with Crippen LogP contribution >= 0.6 is 164 Å². The SMILES string of the molecule is CC1(C)OB(c2ccc(Cl)nc2)OC1(C)C.COc1cc(Cl)c(Cl)c(-c2ccc(Cl)nc2)c1.COc1cc(Cl)c(Cl)c(-c2ccc(N3CCC4(CC3)c3ccccc3C[C@H]4N)nc2)c1.COc1cc(Cl)c(Cl)c(Br)c1.COc1cc(Cl)cc(Br)c1.Clc1ccc(Br)cn1. The number of ether oxygens (including phenoxy) is 4. The number of methoxy groups -OCH3 is 4. The average molecular weight is 1650 g/mol. The van der Waals surface area contributed by atoms with Crippen LogP contribution in [-0.4, -0.2) is 85.8 Å². The van der Waals surface area contributed by atoms with Gasteiger partial charge < -0.3 is 38.9 Å². The Morgan fingerprint density at radius 3 is 1.43 bits per heavy atom. The molecule has 1 spiro atoms. The van der Waals surface area contributed by atoms with Crippen LogP contribution in [0.2, 0.25) is 50.6 Å². The van der Waals surface area contributed by atoms with Crippen LogP contribution in [0.5, 0.6) is 23.0 Å². The minimum Gasteiger partial charge on any atom is -0.497 e. The van der Waals surface area contributed by atoms with E-state index in [1.165, 1.54) is 11.1 Å². The molecule has 3 aliphatic rings. The summed E-state index contributed by atoms with van der Waals surface area (Å²) in [5.41, 5.74) is 13.2. The number of halogens is 13. The molecule has 26 heteroatoms. The first-order chi connectivity index (χ1) is 44.1. The highest BCUT2D eigenvalue weighted by molar-refractivity contribution is 9.11. The van der Waals surface area contributed by atoms with Crippen LogP contribution in [0.4, 0.5) is 5.82 Å². The van der Waals surface area contributed by atoms with Crippen LogP contribution in [0.25, 0.3) is 22.3 Å². The van der Waals surface area contributed by atoms with Gasteiger partial charge in [-0.2, -0.15) is 0 Å². The van der Waals surface area contributed by atoms with Crippen LogP contribution in [-0.2, 0) is 21.1 Å². The Balaban J connectivity index is 0.000000170. The quantitative estimate of drug-likeness (QED) is 0.0881. The molecule has 2 aliphatic heterocycles. The maximum Gasteiger partial charge on any atom is 0.496 e. The van der Waals surface area contributed by atoms with E-state index in [9.17, 15) is 0 Å². The standard InChI is InChI=1S/C25H25Cl2N3O.C12H8Cl3NO.C11H15BClNO2.C7H5BrCl2O.C7H6BrClO.C5H3BrClN/c1-31-18-13-19(24(27)21(26)14-18)17-6-7-23(29-15-17)30-10-8-25(9-11-30)20-5-3-2-4-16(20)12-22(25)28;1-17-8-4-9(12(15)10(13)5-8)7-2-3-11(14)16-6-7;1-10(2)11(3,4)16-12(15-10)8-5-6-9(13)14-7-8;1-11-4-2-5(8)7(10)6(9)3-4;1-10-7-3-5(8)2-6(9)4-7;6-4-1-2-5(7)8-3-4/h2-7,13-15,22H,8-12,28H2,1H3;2-6H,1H3;5-7H,1-4H3;2-3H,1H3;2-4H,1H3;1-3H/t22-;;;;;/m1...../s1. The number of nitrogens with zero attached hydrogens (tertiary/aromatic N) is 5. The molecule has 0 radical (unpaired) electrons. The van der Waals surface area contributed by atoms with Crippen LogP contribution < -0.4 is 35.0 Å². The van der Waals surface area contributed by atoms with Gasteiger partial charge in [0.25, 0.3) is 0 Å². The Hall–Kier alpha value is -4.02. The molecule has 0 amide bonds. The first-order valence-electron chi connectivity index (χ1n) is 28.3. The predicted octanol–water partition coefficient (Wildman–Crippen LogP) is 21.6. The summed E-state index contributed by atoms with van der Waals surface area (Å²) in [6, 6.07) is 39.7. The van der Waals surface area contributed by atoms with Gasteiger partial charge in [0.1, 0.15) is 44.3 Å². The Labute approximate surface area is 618 Å². The molecule has 0 bridgehead atoms. The van der Waals surface area contributed by atoms with Gasteiger partial charge in [-0.3, -0.25) is 0 Å². The second-order valence-corrected chi connectivity index (χ2v) is 28.5.